The number of benzene rings is 3. The van der Waals surface area contributed by atoms with Crippen LogP contribution in [0.3, 0.4) is 0 Å². The number of aliphatic hydroxyl groups excluding tert-OH is 1. The molecule has 4 rings (SSSR count). The monoisotopic (exact) mass is 505 g/mol. The molecule has 1 fully saturated rings. The number of aliphatic hydroxyl groups is 1. The maximum atomic E-state index is 13.6. The third-order valence-electron chi connectivity index (χ3n) is 5.24. The lowest BCUT2D eigenvalue weighted by atomic mass is 9.95. The van der Waals surface area contributed by atoms with Crippen LogP contribution in [-0.2, 0) is 9.59 Å². The Morgan fingerprint density at radius 2 is 1.61 bits per heavy atom. The van der Waals surface area contributed by atoms with Crippen LogP contribution in [0.4, 0.5) is 10.1 Å². The lowest BCUT2D eigenvalue weighted by molar-refractivity contribution is -0.132. The maximum Gasteiger partial charge on any atom is 0.300 e. The number of carbonyl (C=O) groups is 2. The van der Waals surface area contributed by atoms with Crippen molar-refractivity contribution in [2.45, 2.75) is 6.04 Å². The number of carbonyl (C=O) groups excluding carboxylic acids is 2. The highest BCUT2D eigenvalue weighted by Crippen LogP contribution is 2.44. The highest BCUT2D eigenvalue weighted by atomic mass is 35.5. The molecule has 1 N–H and O–H groups in total. The standard InChI is InChI=1S/C24H15Cl3FNO4/c1-33-15-7-9-17(25)16(11-15)22(30)20-21(12-2-4-13(28)5-3-12)29(24(32)23(20)31)14-6-8-18(26)19(27)10-14/h2-11,21,30H,1H3/b22-20+. The Balaban J connectivity index is 1.98. The average molecular weight is 507 g/mol. The lowest BCUT2D eigenvalue weighted by Gasteiger charge is -2.26. The summed E-state index contributed by atoms with van der Waals surface area (Å²) >= 11 is 18.4. The molecule has 0 saturated carbocycles. The summed E-state index contributed by atoms with van der Waals surface area (Å²) in [7, 11) is 1.44. The van der Waals surface area contributed by atoms with Gasteiger partial charge in [-0.1, -0.05) is 46.9 Å². The summed E-state index contributed by atoms with van der Waals surface area (Å²) in [6.07, 6.45) is 0. The van der Waals surface area contributed by atoms with Crippen molar-refractivity contribution in [1.82, 2.24) is 0 Å². The smallest absolute Gasteiger partial charge is 0.300 e. The number of Topliss-reactive ketones (excluding diaryl/α,β-unsaturated/α-hetero) is 1. The number of methoxy groups -OCH3 is 1. The number of nitrogens with zero attached hydrogens (tertiary/aromatic N) is 1. The number of amides is 1. The zero-order chi connectivity index (χ0) is 23.9. The van der Waals surface area contributed by atoms with E-state index in [4.69, 9.17) is 39.5 Å². The highest BCUT2D eigenvalue weighted by molar-refractivity contribution is 6.52. The molecule has 3 aromatic rings. The maximum absolute atomic E-state index is 13.6. The molecule has 1 saturated heterocycles. The van der Waals surface area contributed by atoms with Gasteiger partial charge in [0, 0.05) is 11.3 Å². The number of ether oxygens (including phenoxy) is 1. The van der Waals surface area contributed by atoms with Crippen molar-refractivity contribution in [3.05, 3.63) is 98.2 Å². The second-order valence-corrected chi connectivity index (χ2v) is 8.39. The van der Waals surface area contributed by atoms with Gasteiger partial charge < -0.3 is 9.84 Å². The number of hydrogen-bond acceptors (Lipinski definition) is 4. The van der Waals surface area contributed by atoms with Gasteiger partial charge in [-0.25, -0.2) is 4.39 Å². The van der Waals surface area contributed by atoms with Gasteiger partial charge in [-0.2, -0.15) is 0 Å². The molecule has 0 aliphatic carbocycles. The minimum Gasteiger partial charge on any atom is -0.507 e. The molecule has 0 radical (unpaired) electrons. The van der Waals surface area contributed by atoms with Crippen molar-refractivity contribution < 1.29 is 23.8 Å². The van der Waals surface area contributed by atoms with Gasteiger partial charge in [-0.15, -0.1) is 0 Å². The summed E-state index contributed by atoms with van der Waals surface area (Å²) in [5.74, 6) is -2.44. The van der Waals surface area contributed by atoms with Gasteiger partial charge in [0.15, 0.2) is 0 Å². The molecule has 1 unspecified atom stereocenters. The number of halogens is 4. The van der Waals surface area contributed by atoms with Crippen LogP contribution in [0.15, 0.2) is 66.2 Å². The third-order valence-corrected chi connectivity index (χ3v) is 6.31. The van der Waals surface area contributed by atoms with Crippen molar-refractivity contribution in [2.24, 2.45) is 0 Å². The molecule has 0 spiro atoms. The van der Waals surface area contributed by atoms with E-state index < -0.39 is 29.3 Å². The fourth-order valence-corrected chi connectivity index (χ4v) is 4.15. The van der Waals surface area contributed by atoms with E-state index >= 15 is 0 Å². The number of anilines is 1. The van der Waals surface area contributed by atoms with Gasteiger partial charge in [-0.05, 0) is 54.1 Å². The minimum atomic E-state index is -1.08. The molecule has 9 heteroatoms. The van der Waals surface area contributed by atoms with Gasteiger partial charge in [-0.3, -0.25) is 14.5 Å². The van der Waals surface area contributed by atoms with Crippen molar-refractivity contribution in [3.63, 3.8) is 0 Å². The van der Waals surface area contributed by atoms with Gasteiger partial charge in [0.05, 0.1) is 33.8 Å². The summed E-state index contributed by atoms with van der Waals surface area (Å²) in [5, 5.41) is 11.8. The molecule has 1 aliphatic rings. The van der Waals surface area contributed by atoms with E-state index in [1.165, 1.54) is 66.6 Å². The molecule has 1 atom stereocenters. The van der Waals surface area contributed by atoms with E-state index in [1.54, 1.807) is 6.07 Å². The Morgan fingerprint density at radius 3 is 2.24 bits per heavy atom. The van der Waals surface area contributed by atoms with Crippen LogP contribution in [0.2, 0.25) is 15.1 Å². The van der Waals surface area contributed by atoms with E-state index in [1.807, 2.05) is 0 Å². The van der Waals surface area contributed by atoms with Crippen LogP contribution < -0.4 is 9.64 Å². The van der Waals surface area contributed by atoms with Crippen molar-refractivity contribution >= 4 is 57.9 Å². The molecule has 5 nitrogen and oxygen atoms in total. The normalized spacial score (nSPS) is 17.5. The van der Waals surface area contributed by atoms with Crippen LogP contribution in [-0.4, -0.2) is 23.9 Å². The number of ketones is 1. The Kier molecular flexibility index (Phi) is 6.34. The summed E-state index contributed by atoms with van der Waals surface area (Å²) in [6, 6.07) is 13.1. The van der Waals surface area contributed by atoms with Crippen molar-refractivity contribution in [2.75, 3.05) is 12.0 Å². The van der Waals surface area contributed by atoms with Crippen molar-refractivity contribution in [1.29, 1.82) is 0 Å². The van der Waals surface area contributed by atoms with Crippen LogP contribution in [0.1, 0.15) is 17.2 Å². The lowest BCUT2D eigenvalue weighted by Crippen LogP contribution is -2.29. The fraction of sp³-hybridized carbons (Fsp3) is 0.0833. The molecular weight excluding hydrogens is 492 g/mol. The van der Waals surface area contributed by atoms with Gasteiger partial charge in [0.2, 0.25) is 0 Å². The van der Waals surface area contributed by atoms with Gasteiger partial charge in [0.25, 0.3) is 11.7 Å². The Bertz CT molecular complexity index is 1310. The molecule has 33 heavy (non-hydrogen) atoms. The van der Waals surface area contributed by atoms with E-state index in [2.05, 4.69) is 0 Å². The van der Waals surface area contributed by atoms with E-state index in [0.717, 1.165) is 0 Å². The molecule has 0 bridgehead atoms. The summed E-state index contributed by atoms with van der Waals surface area (Å²) < 4.78 is 18.8. The first kappa shape index (κ1) is 23.1. The predicted octanol–water partition coefficient (Wildman–Crippen LogP) is 6.42. The molecule has 1 aliphatic heterocycles. The Morgan fingerprint density at radius 1 is 0.939 bits per heavy atom. The molecule has 168 valence electrons. The summed E-state index contributed by atoms with van der Waals surface area (Å²) in [6.45, 7) is 0. The number of hydrogen-bond donors (Lipinski definition) is 1. The van der Waals surface area contributed by atoms with Crippen LogP contribution in [0.5, 0.6) is 5.75 Å². The first-order chi connectivity index (χ1) is 15.7. The Hall–Kier alpha value is -3.06. The summed E-state index contributed by atoms with van der Waals surface area (Å²) in [4.78, 5) is 27.5. The molecule has 3 aromatic carbocycles. The minimum absolute atomic E-state index is 0.107. The quantitative estimate of drug-likeness (QED) is 0.252. The van der Waals surface area contributed by atoms with Crippen LogP contribution in [0, 0.1) is 5.82 Å². The molecule has 1 heterocycles. The largest absolute Gasteiger partial charge is 0.507 e. The third kappa shape index (κ3) is 4.17. The van der Waals surface area contributed by atoms with E-state index in [-0.39, 0.29) is 31.9 Å². The molecular formula is C24H15Cl3FNO4. The SMILES string of the molecule is COc1ccc(Cl)c(/C(O)=C2\C(=O)C(=O)N(c3ccc(Cl)c(Cl)c3)C2c2ccc(F)cc2)c1. The van der Waals surface area contributed by atoms with E-state index in [0.29, 0.717) is 11.3 Å². The second-order valence-electron chi connectivity index (χ2n) is 7.16. The first-order valence-electron chi connectivity index (χ1n) is 9.58. The topological polar surface area (TPSA) is 66.8 Å². The van der Waals surface area contributed by atoms with Crippen LogP contribution >= 0.6 is 34.8 Å². The van der Waals surface area contributed by atoms with Crippen molar-refractivity contribution in [3.8, 4) is 5.75 Å². The fourth-order valence-electron chi connectivity index (χ4n) is 3.65. The van der Waals surface area contributed by atoms with Gasteiger partial charge >= 0.3 is 0 Å². The first-order valence-corrected chi connectivity index (χ1v) is 10.7. The molecule has 0 aromatic heterocycles. The van der Waals surface area contributed by atoms with Crippen LogP contribution in [0.25, 0.3) is 5.76 Å². The molecule has 1 amide bonds. The highest BCUT2D eigenvalue weighted by Gasteiger charge is 2.47. The zero-order valence-corrected chi connectivity index (χ0v) is 19.2. The predicted molar refractivity (Wildman–Crippen MR) is 126 cm³/mol. The van der Waals surface area contributed by atoms with E-state index in [9.17, 15) is 19.1 Å². The second kappa shape index (κ2) is 9.06. The zero-order valence-electron chi connectivity index (χ0n) is 17.0. The van der Waals surface area contributed by atoms with Gasteiger partial charge in [0.1, 0.15) is 17.3 Å². The Labute approximate surface area is 203 Å². The average Bonchev–Trinajstić information content (AvgIpc) is 3.06. The number of rotatable bonds is 4. The summed E-state index contributed by atoms with van der Waals surface area (Å²) in [5.41, 5.74) is 0.557.